The largest absolute Gasteiger partial charge is 0.385 e. The van der Waals surface area contributed by atoms with Crippen molar-refractivity contribution in [2.75, 3.05) is 20.3 Å². The van der Waals surface area contributed by atoms with E-state index in [0.29, 0.717) is 25.1 Å². The lowest BCUT2D eigenvalue weighted by Crippen LogP contribution is -2.25. The monoisotopic (exact) mass is 299 g/mol. The Kier molecular flexibility index (Phi) is 6.32. The lowest BCUT2D eigenvalue weighted by Gasteiger charge is -2.09. The van der Waals surface area contributed by atoms with Crippen LogP contribution in [-0.4, -0.2) is 34.5 Å². The van der Waals surface area contributed by atoms with Crippen molar-refractivity contribution in [3.8, 4) is 0 Å². The predicted octanol–water partition coefficient (Wildman–Crippen LogP) is 1.84. The summed E-state index contributed by atoms with van der Waals surface area (Å²) in [6.45, 7) is 4.37. The van der Waals surface area contributed by atoms with E-state index in [1.165, 1.54) is 12.1 Å². The molecule has 0 spiro atoms. The van der Waals surface area contributed by atoms with Gasteiger partial charge in [-0.3, -0.25) is 4.79 Å². The molecule has 0 aromatic heterocycles. The summed E-state index contributed by atoms with van der Waals surface area (Å²) >= 11 is 0. The van der Waals surface area contributed by atoms with Gasteiger partial charge in [-0.25, -0.2) is 13.1 Å². The molecule has 1 aromatic carbocycles. The fraction of sp³-hybridized carbons (Fsp3) is 0.500. The maximum Gasteiger partial charge on any atom is 0.240 e. The zero-order valence-electron chi connectivity index (χ0n) is 12.0. The van der Waals surface area contributed by atoms with Crippen molar-refractivity contribution in [3.63, 3.8) is 0 Å². The van der Waals surface area contributed by atoms with Crippen molar-refractivity contribution >= 4 is 15.8 Å². The van der Waals surface area contributed by atoms with Crippen molar-refractivity contribution in [3.05, 3.63) is 29.8 Å². The zero-order valence-corrected chi connectivity index (χ0v) is 12.9. The summed E-state index contributed by atoms with van der Waals surface area (Å²) in [5, 5.41) is 0. The Hall–Kier alpha value is -1.24. The summed E-state index contributed by atoms with van der Waals surface area (Å²) in [5.41, 5.74) is 0.416. The van der Waals surface area contributed by atoms with Crippen LogP contribution in [0.3, 0.4) is 0 Å². The van der Waals surface area contributed by atoms with Gasteiger partial charge in [-0.15, -0.1) is 0 Å². The van der Waals surface area contributed by atoms with Gasteiger partial charge in [-0.05, 0) is 18.6 Å². The van der Waals surface area contributed by atoms with Crippen LogP contribution < -0.4 is 4.72 Å². The van der Waals surface area contributed by atoms with Gasteiger partial charge in [0.05, 0.1) is 4.90 Å². The molecular formula is C14H21NO4S. The number of carbonyl (C=O) groups excluding carboxylic acids is 1. The van der Waals surface area contributed by atoms with Crippen molar-refractivity contribution in [2.24, 2.45) is 5.92 Å². The number of benzene rings is 1. The van der Waals surface area contributed by atoms with E-state index in [-0.39, 0.29) is 16.6 Å². The number of sulfonamides is 1. The number of carbonyl (C=O) groups is 1. The first-order valence-electron chi connectivity index (χ1n) is 6.51. The summed E-state index contributed by atoms with van der Waals surface area (Å²) in [4.78, 5) is 12.0. The first kappa shape index (κ1) is 16.8. The molecule has 20 heavy (non-hydrogen) atoms. The second kappa shape index (κ2) is 7.52. The van der Waals surface area contributed by atoms with E-state index in [2.05, 4.69) is 4.72 Å². The van der Waals surface area contributed by atoms with Crippen LogP contribution in [0.1, 0.15) is 30.6 Å². The molecule has 5 nitrogen and oxygen atoms in total. The van der Waals surface area contributed by atoms with Gasteiger partial charge < -0.3 is 4.74 Å². The standard InChI is InChI=1S/C14H21NO4S/c1-11(2)14(16)12-6-4-7-13(10-12)20(17,18)15-8-5-9-19-3/h4,6-7,10-11,15H,5,8-9H2,1-3H3. The normalized spacial score (nSPS) is 11.8. The molecule has 0 aliphatic rings. The van der Waals surface area contributed by atoms with E-state index in [1.807, 2.05) is 0 Å². The van der Waals surface area contributed by atoms with Gasteiger partial charge in [-0.2, -0.15) is 0 Å². The van der Waals surface area contributed by atoms with Gasteiger partial charge in [0.25, 0.3) is 0 Å². The smallest absolute Gasteiger partial charge is 0.240 e. The molecule has 6 heteroatoms. The predicted molar refractivity (Wildman–Crippen MR) is 77.3 cm³/mol. The molecule has 0 fully saturated rings. The summed E-state index contributed by atoms with van der Waals surface area (Å²) in [6.07, 6.45) is 0.598. The quantitative estimate of drug-likeness (QED) is 0.587. The third kappa shape index (κ3) is 4.70. The SMILES string of the molecule is COCCCNS(=O)(=O)c1cccc(C(=O)C(C)C)c1. The molecule has 1 N–H and O–H groups in total. The van der Waals surface area contributed by atoms with E-state index >= 15 is 0 Å². The van der Waals surface area contributed by atoms with E-state index in [9.17, 15) is 13.2 Å². The Morgan fingerprint density at radius 1 is 1.35 bits per heavy atom. The van der Waals surface area contributed by atoms with Crippen LogP contribution in [0, 0.1) is 5.92 Å². The molecule has 0 aliphatic carbocycles. The number of hydrogen-bond donors (Lipinski definition) is 1. The van der Waals surface area contributed by atoms with Crippen LogP contribution in [0.4, 0.5) is 0 Å². The highest BCUT2D eigenvalue weighted by Gasteiger charge is 2.17. The number of hydrogen-bond acceptors (Lipinski definition) is 4. The molecule has 1 rings (SSSR count). The Balaban J connectivity index is 2.85. The number of rotatable bonds is 8. The zero-order chi connectivity index (χ0) is 15.2. The second-order valence-corrected chi connectivity index (χ2v) is 6.56. The lowest BCUT2D eigenvalue weighted by molar-refractivity contribution is 0.0939. The third-order valence-electron chi connectivity index (χ3n) is 2.77. The van der Waals surface area contributed by atoms with Crippen LogP contribution in [0.15, 0.2) is 29.2 Å². The van der Waals surface area contributed by atoms with Crippen molar-refractivity contribution in [1.29, 1.82) is 0 Å². The average Bonchev–Trinajstić information content (AvgIpc) is 2.43. The fourth-order valence-corrected chi connectivity index (χ4v) is 2.78. The van der Waals surface area contributed by atoms with E-state index in [1.54, 1.807) is 33.1 Å². The average molecular weight is 299 g/mol. The van der Waals surface area contributed by atoms with Gasteiger partial charge in [0, 0.05) is 31.7 Å². The molecule has 1 aromatic rings. The molecule has 0 saturated heterocycles. The molecule has 0 radical (unpaired) electrons. The topological polar surface area (TPSA) is 72.5 Å². The van der Waals surface area contributed by atoms with Crippen molar-refractivity contribution in [1.82, 2.24) is 4.72 Å². The van der Waals surface area contributed by atoms with Gasteiger partial charge in [0.1, 0.15) is 0 Å². The Labute approximate surface area is 120 Å². The number of Topliss-reactive ketones (excluding diaryl/α,β-unsaturated/α-hetero) is 1. The van der Waals surface area contributed by atoms with Crippen LogP contribution in [0.5, 0.6) is 0 Å². The van der Waals surface area contributed by atoms with Crippen LogP contribution >= 0.6 is 0 Å². The molecular weight excluding hydrogens is 278 g/mol. The maximum absolute atomic E-state index is 12.1. The minimum absolute atomic E-state index is 0.0681. The van der Waals surface area contributed by atoms with Gasteiger partial charge in [-0.1, -0.05) is 26.0 Å². The number of nitrogens with one attached hydrogen (secondary N) is 1. The maximum atomic E-state index is 12.1. The Morgan fingerprint density at radius 2 is 2.05 bits per heavy atom. The highest BCUT2D eigenvalue weighted by atomic mass is 32.2. The van der Waals surface area contributed by atoms with E-state index in [4.69, 9.17) is 4.74 Å². The van der Waals surface area contributed by atoms with E-state index in [0.717, 1.165) is 0 Å². The summed E-state index contributed by atoms with van der Waals surface area (Å²) < 4.78 is 31.5. The number of ether oxygens (including phenoxy) is 1. The summed E-state index contributed by atoms with van der Waals surface area (Å²) in [7, 11) is -2.02. The first-order chi connectivity index (χ1) is 9.38. The van der Waals surface area contributed by atoms with Crippen molar-refractivity contribution < 1.29 is 17.9 Å². The molecule has 0 heterocycles. The van der Waals surface area contributed by atoms with Gasteiger partial charge >= 0.3 is 0 Å². The Bertz CT molecular complexity index is 552. The van der Waals surface area contributed by atoms with Crippen molar-refractivity contribution in [2.45, 2.75) is 25.2 Å². The fourth-order valence-electron chi connectivity index (χ4n) is 1.66. The summed E-state index contributed by atoms with van der Waals surface area (Å²) in [6, 6.07) is 6.11. The van der Waals surface area contributed by atoms with Crippen LogP contribution in [0.25, 0.3) is 0 Å². The molecule has 0 atom stereocenters. The third-order valence-corrected chi connectivity index (χ3v) is 4.23. The lowest BCUT2D eigenvalue weighted by atomic mass is 10.0. The van der Waals surface area contributed by atoms with Crippen LogP contribution in [-0.2, 0) is 14.8 Å². The first-order valence-corrected chi connectivity index (χ1v) is 7.99. The second-order valence-electron chi connectivity index (χ2n) is 4.79. The molecule has 0 amide bonds. The molecule has 0 bridgehead atoms. The number of methoxy groups -OCH3 is 1. The number of ketones is 1. The van der Waals surface area contributed by atoms with Gasteiger partial charge in [0.2, 0.25) is 10.0 Å². The summed E-state index contributed by atoms with van der Waals surface area (Å²) in [5.74, 6) is -0.232. The molecule has 0 aliphatic heterocycles. The molecule has 112 valence electrons. The Morgan fingerprint density at radius 3 is 2.65 bits per heavy atom. The minimum Gasteiger partial charge on any atom is -0.385 e. The van der Waals surface area contributed by atoms with Gasteiger partial charge in [0.15, 0.2) is 5.78 Å². The highest BCUT2D eigenvalue weighted by Crippen LogP contribution is 2.14. The van der Waals surface area contributed by atoms with E-state index < -0.39 is 10.0 Å². The minimum atomic E-state index is -3.58. The molecule has 0 saturated carbocycles. The molecule has 0 unspecified atom stereocenters. The van der Waals surface area contributed by atoms with Crippen LogP contribution in [0.2, 0.25) is 0 Å². The highest BCUT2D eigenvalue weighted by molar-refractivity contribution is 7.89.